The Morgan fingerprint density at radius 3 is 2.36 bits per heavy atom. The van der Waals surface area contributed by atoms with Crippen LogP contribution in [0.3, 0.4) is 0 Å². The second kappa shape index (κ2) is 4.33. The fourth-order valence-electron chi connectivity index (χ4n) is 0.430. The minimum Gasteiger partial charge on any atom is -0.450 e. The predicted molar refractivity (Wildman–Crippen MR) is 35.5 cm³/mol. The second-order valence-corrected chi connectivity index (χ2v) is 3.63. The lowest BCUT2D eigenvalue weighted by molar-refractivity contribution is 0.0915. The van der Waals surface area contributed by atoms with Gasteiger partial charge in [0.2, 0.25) is 0 Å². The Morgan fingerprint density at radius 1 is 1.45 bits per heavy atom. The summed E-state index contributed by atoms with van der Waals surface area (Å²) >= 11 is 0. The summed E-state index contributed by atoms with van der Waals surface area (Å²) in [4.78, 5) is 26.3. The first-order valence-corrected chi connectivity index (χ1v) is 4.62. The van der Waals surface area contributed by atoms with Crippen LogP contribution in [0.15, 0.2) is 0 Å². The first-order valence-electron chi connectivity index (χ1n) is 2.82. The fraction of sp³-hybridized carbons (Fsp3) is 0.750. The van der Waals surface area contributed by atoms with Crippen molar-refractivity contribution in [3.8, 4) is 0 Å². The predicted octanol–water partition coefficient (Wildman–Crippen LogP) is 0.249. The zero-order chi connectivity index (χ0) is 8.91. The van der Waals surface area contributed by atoms with Gasteiger partial charge in [0, 0.05) is 0 Å². The molecule has 7 heteroatoms. The summed E-state index contributed by atoms with van der Waals surface area (Å²) in [6.45, 7) is -0.180. The molecule has 0 bridgehead atoms. The molecule has 0 amide bonds. The highest BCUT2D eigenvalue weighted by Crippen LogP contribution is 2.34. The fourth-order valence-corrected chi connectivity index (χ4v) is 0.971. The van der Waals surface area contributed by atoms with E-state index < -0.39 is 13.8 Å². The number of rotatable bonds is 4. The van der Waals surface area contributed by atoms with Crippen molar-refractivity contribution in [2.75, 3.05) is 12.8 Å². The van der Waals surface area contributed by atoms with E-state index in [1.807, 2.05) is 0 Å². The van der Waals surface area contributed by atoms with Gasteiger partial charge in [0.05, 0.1) is 12.8 Å². The van der Waals surface area contributed by atoms with Gasteiger partial charge >= 0.3 is 13.8 Å². The molecule has 0 unspecified atom stereocenters. The molecule has 0 aliphatic rings. The third-order valence-electron chi connectivity index (χ3n) is 0.819. The highest BCUT2D eigenvalue weighted by molar-refractivity contribution is 7.51. The van der Waals surface area contributed by atoms with Crippen LogP contribution in [-0.4, -0.2) is 33.8 Å². The quantitative estimate of drug-likeness (QED) is 0.328. The molecule has 0 aromatic rings. The number of hydrogen-bond donors (Lipinski definition) is 3. The Kier molecular flexibility index (Phi) is 4.10. The standard InChI is InChI=1S/C4H9O6P/c5-4(6)10-2-1-3-11(7,8)9/h1-3H2,(H,5,6)(H2,7,8,9). The average Bonchev–Trinajstić information content (AvgIpc) is 1.78. The Labute approximate surface area is 63.0 Å². The van der Waals surface area contributed by atoms with Crippen molar-refractivity contribution < 1.29 is 29.0 Å². The Morgan fingerprint density at radius 2 is 2.00 bits per heavy atom. The summed E-state index contributed by atoms with van der Waals surface area (Å²) in [6, 6.07) is 0. The molecule has 0 rings (SSSR count). The van der Waals surface area contributed by atoms with Crippen LogP contribution in [0.25, 0.3) is 0 Å². The van der Waals surface area contributed by atoms with Gasteiger partial charge in [0.15, 0.2) is 0 Å². The topological polar surface area (TPSA) is 104 Å². The van der Waals surface area contributed by atoms with Crippen molar-refractivity contribution in [1.29, 1.82) is 0 Å². The van der Waals surface area contributed by atoms with E-state index in [0.29, 0.717) is 0 Å². The van der Waals surface area contributed by atoms with Crippen LogP contribution in [0.1, 0.15) is 6.42 Å². The normalized spacial score (nSPS) is 11.1. The second-order valence-electron chi connectivity index (χ2n) is 1.86. The van der Waals surface area contributed by atoms with Gasteiger partial charge in [-0.15, -0.1) is 0 Å². The smallest absolute Gasteiger partial charge is 0.450 e. The summed E-state index contributed by atoms with van der Waals surface area (Å²) < 4.78 is 14.2. The summed E-state index contributed by atoms with van der Waals surface area (Å²) in [5, 5.41) is 7.93. The van der Waals surface area contributed by atoms with Gasteiger partial charge in [-0.2, -0.15) is 0 Å². The molecule has 6 nitrogen and oxygen atoms in total. The third kappa shape index (κ3) is 9.42. The van der Waals surface area contributed by atoms with Gasteiger partial charge in [0.25, 0.3) is 0 Å². The molecule has 0 aliphatic heterocycles. The minimum absolute atomic E-state index is 0.0383. The Balaban J connectivity index is 3.29. The summed E-state index contributed by atoms with van der Waals surface area (Å²) in [5.74, 6) is 0. The average molecular weight is 184 g/mol. The molecule has 0 aromatic carbocycles. The zero-order valence-electron chi connectivity index (χ0n) is 5.63. The summed E-state index contributed by atoms with van der Waals surface area (Å²) in [6.07, 6.45) is -1.74. The van der Waals surface area contributed by atoms with Crippen molar-refractivity contribution in [2.45, 2.75) is 6.42 Å². The van der Waals surface area contributed by atoms with Gasteiger partial charge in [-0.05, 0) is 6.42 Å². The lowest BCUT2D eigenvalue weighted by Crippen LogP contribution is -2.03. The van der Waals surface area contributed by atoms with Crippen molar-refractivity contribution in [3.05, 3.63) is 0 Å². The van der Waals surface area contributed by atoms with Gasteiger partial charge < -0.3 is 19.6 Å². The molecular formula is C4H9O6P. The molecule has 0 spiro atoms. The molecule has 66 valence electrons. The molecule has 0 heterocycles. The van der Waals surface area contributed by atoms with E-state index in [1.165, 1.54) is 0 Å². The summed E-state index contributed by atoms with van der Waals surface area (Å²) in [7, 11) is -4.00. The number of hydrogen-bond acceptors (Lipinski definition) is 3. The highest BCUT2D eigenvalue weighted by Gasteiger charge is 2.11. The van der Waals surface area contributed by atoms with E-state index in [2.05, 4.69) is 4.74 Å². The van der Waals surface area contributed by atoms with E-state index in [4.69, 9.17) is 14.9 Å². The molecule has 0 aromatic heterocycles. The minimum atomic E-state index is -4.00. The maximum absolute atomic E-state index is 10.2. The maximum Gasteiger partial charge on any atom is 0.505 e. The van der Waals surface area contributed by atoms with E-state index in [0.717, 1.165) is 0 Å². The Hall–Kier alpha value is -0.580. The molecule has 0 saturated carbocycles. The molecular weight excluding hydrogens is 175 g/mol. The highest BCUT2D eigenvalue weighted by atomic mass is 31.2. The zero-order valence-corrected chi connectivity index (χ0v) is 6.53. The SMILES string of the molecule is O=C(O)OCCCP(=O)(O)O. The van der Waals surface area contributed by atoms with Crippen LogP contribution in [-0.2, 0) is 9.30 Å². The van der Waals surface area contributed by atoms with Crippen LogP contribution < -0.4 is 0 Å². The lowest BCUT2D eigenvalue weighted by atomic mass is 10.5. The van der Waals surface area contributed by atoms with Crippen LogP contribution in [0.2, 0.25) is 0 Å². The third-order valence-corrected chi connectivity index (χ3v) is 1.72. The molecule has 0 fully saturated rings. The molecule has 0 atom stereocenters. The molecule has 0 radical (unpaired) electrons. The number of carbonyl (C=O) groups is 1. The van der Waals surface area contributed by atoms with Crippen LogP contribution in [0.5, 0.6) is 0 Å². The van der Waals surface area contributed by atoms with E-state index in [-0.39, 0.29) is 19.2 Å². The monoisotopic (exact) mass is 184 g/mol. The van der Waals surface area contributed by atoms with E-state index >= 15 is 0 Å². The summed E-state index contributed by atoms with van der Waals surface area (Å²) in [5.41, 5.74) is 0. The van der Waals surface area contributed by atoms with Crippen molar-refractivity contribution >= 4 is 13.8 Å². The van der Waals surface area contributed by atoms with Gasteiger partial charge in [-0.25, -0.2) is 4.79 Å². The first kappa shape index (κ1) is 10.4. The molecule has 0 saturated heterocycles. The van der Waals surface area contributed by atoms with Crippen molar-refractivity contribution in [2.24, 2.45) is 0 Å². The van der Waals surface area contributed by atoms with Crippen LogP contribution >= 0.6 is 7.60 Å². The van der Waals surface area contributed by atoms with Crippen molar-refractivity contribution in [1.82, 2.24) is 0 Å². The molecule has 0 aliphatic carbocycles. The number of carboxylic acid groups (broad SMARTS) is 1. The van der Waals surface area contributed by atoms with Crippen LogP contribution in [0.4, 0.5) is 4.79 Å². The molecule has 11 heavy (non-hydrogen) atoms. The van der Waals surface area contributed by atoms with E-state index in [1.54, 1.807) is 0 Å². The van der Waals surface area contributed by atoms with Crippen molar-refractivity contribution in [3.63, 3.8) is 0 Å². The van der Waals surface area contributed by atoms with Gasteiger partial charge in [-0.3, -0.25) is 4.57 Å². The Bertz CT molecular complexity index is 171. The lowest BCUT2D eigenvalue weighted by Gasteiger charge is -2.02. The van der Waals surface area contributed by atoms with Gasteiger partial charge in [0.1, 0.15) is 0 Å². The molecule has 3 N–H and O–H groups in total. The largest absolute Gasteiger partial charge is 0.505 e. The van der Waals surface area contributed by atoms with Crippen LogP contribution in [0, 0.1) is 0 Å². The van der Waals surface area contributed by atoms with Gasteiger partial charge in [-0.1, -0.05) is 0 Å². The van der Waals surface area contributed by atoms with E-state index in [9.17, 15) is 9.36 Å². The first-order chi connectivity index (χ1) is 4.92. The number of ether oxygens (including phenoxy) is 1. The maximum atomic E-state index is 10.2.